The summed E-state index contributed by atoms with van der Waals surface area (Å²) in [5.41, 5.74) is 5.27. The van der Waals surface area contributed by atoms with Gasteiger partial charge in [-0.25, -0.2) is 0 Å². The first-order chi connectivity index (χ1) is 6.13. The second-order valence-electron chi connectivity index (χ2n) is 3.37. The zero-order chi connectivity index (χ0) is 10.3. The fourth-order valence-corrected chi connectivity index (χ4v) is 1.38. The summed E-state index contributed by atoms with van der Waals surface area (Å²) in [7, 11) is 3.92. The summed E-state index contributed by atoms with van der Waals surface area (Å²) in [6, 6.07) is 0.165. The van der Waals surface area contributed by atoms with E-state index in [9.17, 15) is 5.11 Å². The Kier molecular flexibility index (Phi) is 7.17. The van der Waals surface area contributed by atoms with Crippen molar-refractivity contribution in [1.82, 2.24) is 4.90 Å². The minimum atomic E-state index is -0.424. The van der Waals surface area contributed by atoms with Crippen LogP contribution in [0.3, 0.4) is 0 Å². The molecule has 0 aliphatic heterocycles. The Hall–Kier alpha value is -0.160. The maximum Gasteiger partial charge on any atom is 0.0928 e. The second-order valence-corrected chi connectivity index (χ2v) is 3.37. The number of aliphatic hydroxyl groups excluding tert-OH is 1. The van der Waals surface area contributed by atoms with Crippen molar-refractivity contribution >= 4 is 0 Å². The van der Waals surface area contributed by atoms with Crippen LogP contribution in [0.4, 0.5) is 0 Å². The number of hydrogen-bond acceptors (Lipinski definition) is 4. The summed E-state index contributed by atoms with van der Waals surface area (Å²) in [4.78, 5) is 2.01. The number of aliphatic hydroxyl groups is 1. The minimum absolute atomic E-state index is 0.165. The lowest BCUT2D eigenvalue weighted by atomic mass is 10.1. The average molecular weight is 190 g/mol. The third-order valence-corrected chi connectivity index (χ3v) is 2.08. The van der Waals surface area contributed by atoms with E-state index in [1.54, 1.807) is 0 Å². The summed E-state index contributed by atoms with van der Waals surface area (Å²) >= 11 is 0. The van der Waals surface area contributed by atoms with E-state index in [-0.39, 0.29) is 6.04 Å². The van der Waals surface area contributed by atoms with Crippen molar-refractivity contribution in [3.05, 3.63) is 0 Å². The standard InChI is InChI=1S/C9H22N2O2/c1-4-8(11(2)3)9(12)7-13-6-5-10/h8-9,12H,4-7,10H2,1-3H3. The van der Waals surface area contributed by atoms with Crippen LogP contribution in [0, 0.1) is 0 Å². The number of rotatable bonds is 7. The molecule has 0 aromatic heterocycles. The van der Waals surface area contributed by atoms with E-state index in [0.717, 1.165) is 6.42 Å². The SMILES string of the molecule is CCC(C(O)COCCN)N(C)C. The maximum absolute atomic E-state index is 9.70. The van der Waals surface area contributed by atoms with E-state index in [4.69, 9.17) is 10.5 Å². The van der Waals surface area contributed by atoms with Gasteiger partial charge < -0.3 is 20.5 Å². The Morgan fingerprint density at radius 3 is 2.46 bits per heavy atom. The Balaban J connectivity index is 3.70. The highest BCUT2D eigenvalue weighted by Crippen LogP contribution is 2.05. The summed E-state index contributed by atoms with van der Waals surface area (Å²) in [5.74, 6) is 0. The molecule has 0 bridgehead atoms. The molecule has 0 aromatic rings. The third-order valence-electron chi connectivity index (χ3n) is 2.08. The molecule has 0 aromatic carbocycles. The van der Waals surface area contributed by atoms with E-state index >= 15 is 0 Å². The van der Waals surface area contributed by atoms with Crippen LogP contribution >= 0.6 is 0 Å². The molecule has 0 fully saturated rings. The zero-order valence-electron chi connectivity index (χ0n) is 8.86. The zero-order valence-corrected chi connectivity index (χ0v) is 8.86. The van der Waals surface area contributed by atoms with E-state index in [1.807, 2.05) is 19.0 Å². The molecule has 80 valence electrons. The highest BCUT2D eigenvalue weighted by atomic mass is 16.5. The van der Waals surface area contributed by atoms with Gasteiger partial charge >= 0.3 is 0 Å². The molecule has 2 unspecified atom stereocenters. The van der Waals surface area contributed by atoms with Crippen LogP contribution in [0.15, 0.2) is 0 Å². The molecular weight excluding hydrogens is 168 g/mol. The average Bonchev–Trinajstić information content (AvgIpc) is 2.05. The van der Waals surface area contributed by atoms with Crippen LogP contribution in [-0.4, -0.2) is 56.0 Å². The van der Waals surface area contributed by atoms with Crippen LogP contribution in [0.5, 0.6) is 0 Å². The van der Waals surface area contributed by atoms with Crippen molar-refractivity contribution in [3.8, 4) is 0 Å². The van der Waals surface area contributed by atoms with E-state index in [2.05, 4.69) is 6.92 Å². The normalized spacial score (nSPS) is 16.2. The van der Waals surface area contributed by atoms with Crippen molar-refractivity contribution in [2.24, 2.45) is 5.73 Å². The molecule has 0 spiro atoms. The first kappa shape index (κ1) is 12.8. The summed E-state index contributed by atoms with van der Waals surface area (Å²) < 4.78 is 5.18. The third kappa shape index (κ3) is 5.21. The lowest BCUT2D eigenvalue weighted by Gasteiger charge is -2.27. The summed E-state index contributed by atoms with van der Waals surface area (Å²) in [5, 5.41) is 9.70. The highest BCUT2D eigenvalue weighted by Gasteiger charge is 2.18. The fraction of sp³-hybridized carbons (Fsp3) is 1.00. The van der Waals surface area contributed by atoms with Crippen LogP contribution in [-0.2, 0) is 4.74 Å². The lowest BCUT2D eigenvalue weighted by molar-refractivity contribution is -0.00509. The van der Waals surface area contributed by atoms with Gasteiger partial charge in [-0.1, -0.05) is 6.92 Å². The van der Waals surface area contributed by atoms with Crippen molar-refractivity contribution in [1.29, 1.82) is 0 Å². The molecule has 0 radical (unpaired) electrons. The van der Waals surface area contributed by atoms with Gasteiger partial charge in [-0.3, -0.25) is 0 Å². The molecular formula is C9H22N2O2. The number of nitrogens with zero attached hydrogens (tertiary/aromatic N) is 1. The molecule has 3 N–H and O–H groups in total. The van der Waals surface area contributed by atoms with E-state index < -0.39 is 6.10 Å². The molecule has 13 heavy (non-hydrogen) atoms. The van der Waals surface area contributed by atoms with Gasteiger partial charge in [-0.15, -0.1) is 0 Å². The van der Waals surface area contributed by atoms with Gasteiger partial charge in [0.1, 0.15) is 0 Å². The largest absolute Gasteiger partial charge is 0.389 e. The maximum atomic E-state index is 9.70. The van der Waals surface area contributed by atoms with Crippen molar-refractivity contribution < 1.29 is 9.84 Å². The molecule has 0 amide bonds. The Morgan fingerprint density at radius 1 is 1.46 bits per heavy atom. The highest BCUT2D eigenvalue weighted by molar-refractivity contribution is 4.73. The van der Waals surface area contributed by atoms with Crippen LogP contribution in [0.25, 0.3) is 0 Å². The summed E-state index contributed by atoms with van der Waals surface area (Å²) in [6.45, 7) is 3.44. The fourth-order valence-electron chi connectivity index (χ4n) is 1.38. The van der Waals surface area contributed by atoms with Gasteiger partial charge in [-0.2, -0.15) is 0 Å². The molecule has 0 aliphatic rings. The van der Waals surface area contributed by atoms with Gasteiger partial charge in [0, 0.05) is 12.6 Å². The number of nitrogens with two attached hydrogens (primary N) is 1. The lowest BCUT2D eigenvalue weighted by Crippen LogP contribution is -2.41. The topological polar surface area (TPSA) is 58.7 Å². The predicted octanol–water partition coefficient (Wildman–Crippen LogP) is -0.337. The number of likely N-dealkylation sites (N-methyl/N-ethyl adjacent to an activating group) is 1. The van der Waals surface area contributed by atoms with Crippen molar-refractivity contribution in [3.63, 3.8) is 0 Å². The van der Waals surface area contributed by atoms with Crippen LogP contribution < -0.4 is 5.73 Å². The summed E-state index contributed by atoms with van der Waals surface area (Å²) in [6.07, 6.45) is 0.492. The van der Waals surface area contributed by atoms with Gasteiger partial charge in [0.15, 0.2) is 0 Å². The molecule has 0 saturated carbocycles. The molecule has 4 heteroatoms. The molecule has 0 rings (SSSR count). The van der Waals surface area contributed by atoms with Gasteiger partial charge in [0.05, 0.1) is 19.3 Å². The van der Waals surface area contributed by atoms with Crippen LogP contribution in [0.2, 0.25) is 0 Å². The van der Waals surface area contributed by atoms with E-state index in [0.29, 0.717) is 19.8 Å². The molecule has 4 nitrogen and oxygen atoms in total. The van der Waals surface area contributed by atoms with E-state index in [1.165, 1.54) is 0 Å². The van der Waals surface area contributed by atoms with Gasteiger partial charge in [0.2, 0.25) is 0 Å². The molecule has 0 saturated heterocycles. The van der Waals surface area contributed by atoms with Gasteiger partial charge in [-0.05, 0) is 20.5 Å². The number of ether oxygens (including phenoxy) is 1. The van der Waals surface area contributed by atoms with Gasteiger partial charge in [0.25, 0.3) is 0 Å². The quantitative estimate of drug-likeness (QED) is 0.539. The Morgan fingerprint density at radius 2 is 2.08 bits per heavy atom. The first-order valence-corrected chi connectivity index (χ1v) is 4.75. The minimum Gasteiger partial charge on any atom is -0.389 e. The number of hydrogen-bond donors (Lipinski definition) is 2. The Labute approximate surface area is 80.7 Å². The second kappa shape index (κ2) is 7.26. The monoisotopic (exact) mass is 190 g/mol. The molecule has 0 heterocycles. The molecule has 2 atom stereocenters. The predicted molar refractivity (Wildman–Crippen MR) is 53.6 cm³/mol. The molecule has 0 aliphatic carbocycles. The first-order valence-electron chi connectivity index (χ1n) is 4.75. The van der Waals surface area contributed by atoms with Crippen LogP contribution in [0.1, 0.15) is 13.3 Å². The van der Waals surface area contributed by atoms with Crippen molar-refractivity contribution in [2.75, 3.05) is 33.9 Å². The van der Waals surface area contributed by atoms with Crippen molar-refractivity contribution in [2.45, 2.75) is 25.5 Å². The Bertz CT molecular complexity index is 120. The smallest absolute Gasteiger partial charge is 0.0928 e.